The van der Waals surface area contributed by atoms with E-state index in [2.05, 4.69) is 43.0 Å². The first kappa shape index (κ1) is 13.5. The Balaban J connectivity index is 3.54. The van der Waals surface area contributed by atoms with Crippen molar-refractivity contribution >= 4 is 5.71 Å². The summed E-state index contributed by atoms with van der Waals surface area (Å²) in [5, 5.41) is 0. The average Bonchev–Trinajstić information content (AvgIpc) is 2.14. The van der Waals surface area contributed by atoms with Gasteiger partial charge >= 0.3 is 0 Å². The monoisotopic (exact) mass is 202 g/mol. The van der Waals surface area contributed by atoms with E-state index in [-0.39, 0.29) is 0 Å². The van der Waals surface area contributed by atoms with Crippen molar-refractivity contribution in [2.75, 3.05) is 47.9 Å². The van der Waals surface area contributed by atoms with Gasteiger partial charge in [-0.2, -0.15) is 0 Å². The predicted octanol–water partition coefficient (Wildman–Crippen LogP) is 0.192. The van der Waals surface area contributed by atoms with E-state index in [1.807, 2.05) is 0 Å². The summed E-state index contributed by atoms with van der Waals surface area (Å²) < 4.78 is 2.16. The molecule has 4 heteroatoms. The highest BCUT2D eigenvalue weighted by Gasteiger charge is 2.03. The van der Waals surface area contributed by atoms with Crippen molar-refractivity contribution < 1.29 is 9.41 Å². The minimum Gasteiger partial charge on any atom is -0.303 e. The third-order valence-corrected chi connectivity index (χ3v) is 2.34. The second-order valence-electron chi connectivity index (χ2n) is 3.74. The van der Waals surface area contributed by atoms with Crippen molar-refractivity contribution in [3.05, 3.63) is 0 Å². The summed E-state index contributed by atoms with van der Waals surface area (Å²) in [5.74, 6) is 0. The maximum Gasteiger partial charge on any atom is 0.149 e. The summed E-state index contributed by atoms with van der Waals surface area (Å²) in [7, 11) is 8.06. The molecule has 0 aliphatic carbocycles. The Bertz CT molecular complexity index is 176. The van der Waals surface area contributed by atoms with Gasteiger partial charge in [0.05, 0.1) is 6.61 Å². The molecule has 0 aromatic carbocycles. The van der Waals surface area contributed by atoms with Gasteiger partial charge in [0.1, 0.15) is 19.8 Å². The number of nitrogens with zero attached hydrogens (tertiary/aromatic N) is 2. The van der Waals surface area contributed by atoms with Gasteiger partial charge in [0, 0.05) is 33.5 Å². The Morgan fingerprint density at radius 3 is 2.50 bits per heavy atom. The van der Waals surface area contributed by atoms with Gasteiger partial charge in [0.2, 0.25) is 0 Å². The van der Waals surface area contributed by atoms with Gasteiger partial charge in [0.15, 0.2) is 0 Å². The zero-order chi connectivity index (χ0) is 11.0. The molecule has 1 N–H and O–H groups in total. The molecule has 0 unspecified atom stereocenters. The molecule has 0 saturated heterocycles. The predicted molar refractivity (Wildman–Crippen MR) is 59.9 cm³/mol. The molecular weight excluding hydrogens is 178 g/mol. The molecule has 0 amide bonds. The van der Waals surface area contributed by atoms with Crippen LogP contribution in [0.2, 0.25) is 0 Å². The second kappa shape index (κ2) is 7.91. The molecule has 4 nitrogen and oxygen atoms in total. The zero-order valence-corrected chi connectivity index (χ0v) is 10.1. The minimum absolute atomic E-state index is 0.730. The summed E-state index contributed by atoms with van der Waals surface area (Å²) in [4.78, 5) is 7.32. The summed E-state index contributed by atoms with van der Waals surface area (Å²) >= 11 is 0. The summed E-state index contributed by atoms with van der Waals surface area (Å²) in [6.07, 6.45) is 1.11. The van der Waals surface area contributed by atoms with Gasteiger partial charge in [-0.3, -0.25) is 0 Å². The first-order chi connectivity index (χ1) is 6.57. The molecule has 0 aliphatic rings. The average molecular weight is 202 g/mol. The first-order valence-corrected chi connectivity index (χ1v) is 5.04. The van der Waals surface area contributed by atoms with Crippen LogP contribution in [0.1, 0.15) is 13.3 Å². The van der Waals surface area contributed by atoms with Crippen LogP contribution in [0.5, 0.6) is 0 Å². The molecule has 84 valence electrons. The number of rotatable bonds is 7. The minimum atomic E-state index is 0.730. The molecular formula is C10H24N3O+. The quantitative estimate of drug-likeness (QED) is 0.276. The number of nitrogens with one attached hydrogen (secondary N) is 1. The summed E-state index contributed by atoms with van der Waals surface area (Å²) in [5.41, 5.74) is 4.07. The van der Waals surface area contributed by atoms with Crippen LogP contribution in [0.25, 0.3) is 0 Å². The van der Waals surface area contributed by atoms with Crippen LogP contribution in [0.3, 0.4) is 0 Å². The maximum absolute atomic E-state index is 5.05. The largest absolute Gasteiger partial charge is 0.303 e. The van der Waals surface area contributed by atoms with Gasteiger partial charge < -0.3 is 9.74 Å². The molecule has 0 radical (unpaired) electrons. The molecule has 0 atom stereocenters. The van der Waals surface area contributed by atoms with E-state index in [9.17, 15) is 0 Å². The molecule has 0 saturated carbocycles. The number of likely N-dealkylation sites (N-methyl/N-ethyl adjacent to an activating group) is 1. The second-order valence-corrected chi connectivity index (χ2v) is 3.74. The van der Waals surface area contributed by atoms with E-state index in [1.165, 1.54) is 5.71 Å². The van der Waals surface area contributed by atoms with Gasteiger partial charge in [-0.05, 0) is 7.05 Å². The number of hydrogen-bond donors (Lipinski definition) is 1. The first-order valence-electron chi connectivity index (χ1n) is 5.04. The Kier molecular flexibility index (Phi) is 7.65. The fourth-order valence-corrected chi connectivity index (χ4v) is 0.992. The third-order valence-electron chi connectivity index (χ3n) is 2.34. The van der Waals surface area contributed by atoms with E-state index >= 15 is 0 Å². The van der Waals surface area contributed by atoms with Crippen LogP contribution in [0.15, 0.2) is 0 Å². The van der Waals surface area contributed by atoms with Crippen LogP contribution in [-0.2, 0) is 4.84 Å². The molecule has 0 aromatic heterocycles. The Morgan fingerprint density at radius 2 is 2.00 bits per heavy atom. The van der Waals surface area contributed by atoms with Gasteiger partial charge in [-0.1, -0.05) is 0 Å². The normalized spacial score (nSPS) is 10.7. The topological polar surface area (TPSA) is 27.5 Å². The van der Waals surface area contributed by atoms with E-state index in [0.717, 1.165) is 26.1 Å². The fourth-order valence-electron chi connectivity index (χ4n) is 0.992. The molecule has 0 aliphatic heterocycles. The van der Waals surface area contributed by atoms with Crippen molar-refractivity contribution in [3.63, 3.8) is 0 Å². The third kappa shape index (κ3) is 7.00. The van der Waals surface area contributed by atoms with E-state index in [1.54, 1.807) is 7.05 Å². The molecule has 0 fully saturated rings. The van der Waals surface area contributed by atoms with Gasteiger partial charge in [-0.15, -0.1) is 0 Å². The highest BCUT2D eigenvalue weighted by atomic mass is 16.6. The lowest BCUT2D eigenvalue weighted by atomic mass is 10.3. The van der Waals surface area contributed by atoms with Gasteiger partial charge in [0.25, 0.3) is 0 Å². The van der Waals surface area contributed by atoms with Crippen LogP contribution < -0.4 is 5.48 Å². The lowest BCUT2D eigenvalue weighted by molar-refractivity contribution is -0.466. The Morgan fingerprint density at radius 1 is 1.36 bits per heavy atom. The van der Waals surface area contributed by atoms with Crippen LogP contribution in [-0.4, -0.2) is 63.1 Å². The molecule has 0 aromatic rings. The molecule has 0 spiro atoms. The number of hydroxylamine groups is 1. The van der Waals surface area contributed by atoms with E-state index in [4.69, 9.17) is 4.84 Å². The smallest absolute Gasteiger partial charge is 0.149 e. The van der Waals surface area contributed by atoms with Crippen molar-refractivity contribution in [2.24, 2.45) is 0 Å². The zero-order valence-electron chi connectivity index (χ0n) is 10.1. The highest BCUT2D eigenvalue weighted by molar-refractivity contribution is 5.76. The fraction of sp³-hybridized carbons (Fsp3) is 0.900. The van der Waals surface area contributed by atoms with Crippen molar-refractivity contribution in [3.8, 4) is 0 Å². The molecule has 0 bridgehead atoms. The lowest BCUT2D eigenvalue weighted by Gasteiger charge is -2.15. The Labute approximate surface area is 87.5 Å². The van der Waals surface area contributed by atoms with Crippen molar-refractivity contribution in [2.45, 2.75) is 13.3 Å². The summed E-state index contributed by atoms with van der Waals surface area (Å²) in [6.45, 7) is 4.94. The molecule has 0 rings (SSSR count). The van der Waals surface area contributed by atoms with E-state index < -0.39 is 0 Å². The Hall–Kier alpha value is -0.450. The van der Waals surface area contributed by atoms with Crippen LogP contribution >= 0.6 is 0 Å². The molecule has 0 heterocycles. The number of hydrogen-bond acceptors (Lipinski definition) is 3. The maximum atomic E-state index is 5.05. The van der Waals surface area contributed by atoms with Crippen molar-refractivity contribution in [1.29, 1.82) is 0 Å². The van der Waals surface area contributed by atoms with E-state index in [0.29, 0.717) is 0 Å². The molecule has 14 heavy (non-hydrogen) atoms. The SMILES string of the molecule is CNOCCN(C)CCC(C)=[N+](C)C. The standard InChI is InChI=1S/C10H24N3O/c1-10(12(3)4)6-7-13(5)8-9-14-11-2/h11H,6-9H2,1-5H3/q+1. The van der Waals surface area contributed by atoms with Crippen LogP contribution in [0, 0.1) is 0 Å². The van der Waals surface area contributed by atoms with Crippen LogP contribution in [0.4, 0.5) is 0 Å². The summed E-state index contributed by atoms with van der Waals surface area (Å²) in [6, 6.07) is 0. The van der Waals surface area contributed by atoms with Crippen molar-refractivity contribution in [1.82, 2.24) is 10.4 Å². The lowest BCUT2D eigenvalue weighted by Crippen LogP contribution is -2.28. The highest BCUT2D eigenvalue weighted by Crippen LogP contribution is 1.90. The van der Waals surface area contributed by atoms with Gasteiger partial charge in [-0.25, -0.2) is 10.1 Å².